The highest BCUT2D eigenvalue weighted by atomic mass is 32.2. The molecule has 0 aromatic heterocycles. The van der Waals surface area contributed by atoms with Crippen molar-refractivity contribution >= 4 is 10.0 Å². The van der Waals surface area contributed by atoms with Gasteiger partial charge in [0.25, 0.3) is 0 Å². The van der Waals surface area contributed by atoms with Gasteiger partial charge in [0.2, 0.25) is 10.0 Å². The third-order valence-corrected chi connectivity index (χ3v) is 4.23. The maximum atomic E-state index is 10.9. The van der Waals surface area contributed by atoms with Gasteiger partial charge in [0.05, 0.1) is 6.26 Å². The van der Waals surface area contributed by atoms with Crippen LogP contribution in [0.4, 0.5) is 0 Å². The zero-order valence-electron chi connectivity index (χ0n) is 11.2. The van der Waals surface area contributed by atoms with Gasteiger partial charge in [-0.05, 0) is 26.3 Å². The number of hydrogen-bond donors (Lipinski definition) is 2. The number of nitrogens with zero attached hydrogens (tertiary/aromatic N) is 1. The first-order valence-corrected chi connectivity index (χ1v) is 8.07. The van der Waals surface area contributed by atoms with E-state index in [0.29, 0.717) is 31.1 Å². The number of hydrogen-bond acceptors (Lipinski definition) is 4. The summed E-state index contributed by atoms with van der Waals surface area (Å²) in [6.45, 7) is 6.72. The van der Waals surface area contributed by atoms with Crippen LogP contribution in [0.3, 0.4) is 0 Å². The third-order valence-electron chi connectivity index (χ3n) is 3.51. The van der Waals surface area contributed by atoms with E-state index in [2.05, 4.69) is 35.8 Å². The van der Waals surface area contributed by atoms with Gasteiger partial charge in [-0.15, -0.1) is 0 Å². The van der Waals surface area contributed by atoms with Gasteiger partial charge in [-0.3, -0.25) is 0 Å². The van der Waals surface area contributed by atoms with Gasteiger partial charge in [-0.25, -0.2) is 13.1 Å². The summed E-state index contributed by atoms with van der Waals surface area (Å²) in [5.41, 5.74) is 0. The Bertz CT molecular complexity index is 332. The number of piperidine rings is 1. The second-order valence-corrected chi connectivity index (χ2v) is 7.06. The average Bonchev–Trinajstić information content (AvgIpc) is 2.18. The normalized spacial score (nSPS) is 31.6. The molecule has 1 fully saturated rings. The zero-order valence-corrected chi connectivity index (χ0v) is 12.0. The molecule has 0 saturated carbocycles. The molecule has 0 aliphatic carbocycles. The minimum atomic E-state index is -3.06. The fraction of sp³-hybridized carbons (Fsp3) is 1.00. The van der Waals surface area contributed by atoms with Gasteiger partial charge < -0.3 is 10.2 Å². The van der Waals surface area contributed by atoms with Crippen molar-refractivity contribution in [1.82, 2.24) is 14.9 Å². The molecular weight excluding hydrogens is 238 g/mol. The molecule has 0 bridgehead atoms. The largest absolute Gasteiger partial charge is 0.312 e. The van der Waals surface area contributed by atoms with Crippen LogP contribution in [0.15, 0.2) is 0 Å². The molecule has 2 N–H and O–H groups in total. The molecule has 0 amide bonds. The fourth-order valence-electron chi connectivity index (χ4n) is 2.32. The van der Waals surface area contributed by atoms with E-state index in [1.807, 2.05) is 0 Å². The average molecular weight is 263 g/mol. The number of rotatable bonds is 5. The summed E-state index contributed by atoms with van der Waals surface area (Å²) in [4.78, 5) is 2.37. The van der Waals surface area contributed by atoms with Crippen molar-refractivity contribution in [1.29, 1.82) is 0 Å². The van der Waals surface area contributed by atoms with E-state index in [-0.39, 0.29) is 0 Å². The smallest absolute Gasteiger partial charge is 0.208 e. The minimum absolute atomic E-state index is 0.465. The topological polar surface area (TPSA) is 61.4 Å². The Morgan fingerprint density at radius 1 is 1.29 bits per heavy atom. The Labute approximate surface area is 105 Å². The van der Waals surface area contributed by atoms with Gasteiger partial charge in [0, 0.05) is 31.7 Å². The minimum Gasteiger partial charge on any atom is -0.312 e. The molecule has 0 aromatic rings. The molecule has 1 heterocycles. The van der Waals surface area contributed by atoms with Crippen LogP contribution in [0.2, 0.25) is 0 Å². The molecule has 0 radical (unpaired) electrons. The maximum absolute atomic E-state index is 10.9. The highest BCUT2D eigenvalue weighted by Crippen LogP contribution is 2.20. The Morgan fingerprint density at radius 3 is 2.53 bits per heavy atom. The van der Waals surface area contributed by atoms with Gasteiger partial charge in [-0.1, -0.05) is 6.92 Å². The van der Waals surface area contributed by atoms with Crippen molar-refractivity contribution in [2.45, 2.75) is 32.4 Å². The second-order valence-electron chi connectivity index (χ2n) is 5.23. The Balaban J connectivity index is 2.27. The fourth-order valence-corrected chi connectivity index (χ4v) is 2.79. The molecule has 1 aliphatic rings. The molecule has 3 atom stereocenters. The molecule has 102 valence electrons. The van der Waals surface area contributed by atoms with Crippen LogP contribution in [-0.4, -0.2) is 58.3 Å². The lowest BCUT2D eigenvalue weighted by atomic mass is 9.90. The highest BCUT2D eigenvalue weighted by Gasteiger charge is 2.28. The first-order chi connectivity index (χ1) is 7.79. The molecular formula is C11H25N3O2S. The SMILES string of the molecule is CC1CN(C)C(C)CC1NCCNS(C)(=O)=O. The van der Waals surface area contributed by atoms with Gasteiger partial charge in [0.15, 0.2) is 0 Å². The summed E-state index contributed by atoms with van der Waals surface area (Å²) in [5.74, 6) is 0.606. The predicted octanol–water partition coefficient (Wildman–Crippen LogP) is -0.146. The van der Waals surface area contributed by atoms with Crippen molar-refractivity contribution in [2.24, 2.45) is 5.92 Å². The predicted molar refractivity (Wildman–Crippen MR) is 70.5 cm³/mol. The lowest BCUT2D eigenvalue weighted by molar-refractivity contribution is 0.122. The maximum Gasteiger partial charge on any atom is 0.208 e. The summed E-state index contributed by atoms with van der Waals surface area (Å²) in [7, 11) is -0.903. The number of likely N-dealkylation sites (tertiary alicyclic amines) is 1. The molecule has 0 spiro atoms. The summed E-state index contributed by atoms with van der Waals surface area (Å²) in [6, 6.07) is 1.08. The highest BCUT2D eigenvalue weighted by molar-refractivity contribution is 7.88. The summed E-state index contributed by atoms with van der Waals surface area (Å²) in [6.07, 6.45) is 2.31. The lowest BCUT2D eigenvalue weighted by Crippen LogP contribution is -2.51. The van der Waals surface area contributed by atoms with Crippen LogP contribution >= 0.6 is 0 Å². The Morgan fingerprint density at radius 2 is 1.94 bits per heavy atom. The quantitative estimate of drug-likeness (QED) is 0.678. The number of nitrogens with one attached hydrogen (secondary N) is 2. The van der Waals surface area contributed by atoms with Crippen molar-refractivity contribution in [3.63, 3.8) is 0 Å². The molecule has 5 nitrogen and oxygen atoms in total. The van der Waals surface area contributed by atoms with Crippen molar-refractivity contribution in [3.8, 4) is 0 Å². The molecule has 1 saturated heterocycles. The van der Waals surface area contributed by atoms with Crippen molar-refractivity contribution < 1.29 is 8.42 Å². The Hall–Kier alpha value is -0.170. The molecule has 1 aliphatic heterocycles. The van der Waals surface area contributed by atoms with E-state index in [9.17, 15) is 8.42 Å². The second kappa shape index (κ2) is 6.13. The van der Waals surface area contributed by atoms with Crippen LogP contribution in [0, 0.1) is 5.92 Å². The molecule has 0 aromatic carbocycles. The molecule has 3 unspecified atom stereocenters. The Kier molecular flexibility index (Phi) is 5.37. The van der Waals surface area contributed by atoms with Gasteiger partial charge in [-0.2, -0.15) is 0 Å². The van der Waals surface area contributed by atoms with Crippen molar-refractivity contribution in [2.75, 3.05) is 32.9 Å². The summed E-state index contributed by atoms with van der Waals surface area (Å²) < 4.78 is 24.3. The van der Waals surface area contributed by atoms with Crippen LogP contribution in [0.1, 0.15) is 20.3 Å². The first kappa shape index (κ1) is 14.9. The third kappa shape index (κ3) is 5.33. The first-order valence-electron chi connectivity index (χ1n) is 6.18. The molecule has 17 heavy (non-hydrogen) atoms. The summed E-state index contributed by atoms with van der Waals surface area (Å²) in [5, 5.41) is 3.44. The molecule has 6 heteroatoms. The van der Waals surface area contributed by atoms with E-state index < -0.39 is 10.0 Å². The molecule has 1 rings (SSSR count). The van der Waals surface area contributed by atoms with Crippen LogP contribution in [0.5, 0.6) is 0 Å². The van der Waals surface area contributed by atoms with Gasteiger partial charge in [0.1, 0.15) is 0 Å². The number of sulfonamides is 1. The lowest BCUT2D eigenvalue weighted by Gasteiger charge is -2.40. The monoisotopic (exact) mass is 263 g/mol. The van der Waals surface area contributed by atoms with Gasteiger partial charge >= 0.3 is 0 Å². The summed E-state index contributed by atoms with van der Waals surface area (Å²) >= 11 is 0. The van der Waals surface area contributed by atoms with Crippen molar-refractivity contribution in [3.05, 3.63) is 0 Å². The standard InChI is InChI=1S/C11H25N3O2S/c1-9-8-14(3)10(2)7-11(9)12-5-6-13-17(4,15)16/h9-13H,5-8H2,1-4H3. The van der Waals surface area contributed by atoms with E-state index in [4.69, 9.17) is 0 Å². The van der Waals surface area contributed by atoms with Crippen LogP contribution in [-0.2, 0) is 10.0 Å². The van der Waals surface area contributed by atoms with Crippen LogP contribution in [0.25, 0.3) is 0 Å². The van der Waals surface area contributed by atoms with E-state index >= 15 is 0 Å². The van der Waals surface area contributed by atoms with E-state index in [0.717, 1.165) is 13.0 Å². The van der Waals surface area contributed by atoms with E-state index in [1.165, 1.54) is 6.26 Å². The van der Waals surface area contributed by atoms with E-state index in [1.54, 1.807) is 0 Å². The van der Waals surface area contributed by atoms with Crippen LogP contribution < -0.4 is 10.0 Å². The zero-order chi connectivity index (χ0) is 13.1.